The normalized spacial score (nSPS) is 22.0. The average Bonchev–Trinajstić information content (AvgIpc) is 2.51. The number of hydrogen-bond donors (Lipinski definition) is 0. The first-order valence-electron chi connectivity index (χ1n) is 8.61. The van der Waals surface area contributed by atoms with Crippen molar-refractivity contribution in [1.29, 1.82) is 0 Å². The molecule has 1 fully saturated rings. The highest BCUT2D eigenvalue weighted by Gasteiger charge is 2.22. The van der Waals surface area contributed by atoms with E-state index in [1.165, 1.54) is 51.4 Å². The lowest BCUT2D eigenvalue weighted by Gasteiger charge is -2.28. The topological polar surface area (TPSA) is 35.5 Å². The van der Waals surface area contributed by atoms with Crippen molar-refractivity contribution in [2.75, 3.05) is 18.5 Å². The van der Waals surface area contributed by atoms with Gasteiger partial charge in [-0.05, 0) is 37.5 Å². The third-order valence-electron chi connectivity index (χ3n) is 4.37. The molecule has 1 aliphatic rings. The molecular weight excluding hydrogens is 332 g/mol. The van der Waals surface area contributed by atoms with Crippen molar-refractivity contribution in [2.24, 2.45) is 11.8 Å². The molecule has 1 rings (SSSR count). The molecule has 0 unspecified atom stereocenters. The van der Waals surface area contributed by atoms with E-state index in [-0.39, 0.29) is 0 Å². The van der Waals surface area contributed by atoms with Gasteiger partial charge in [-0.3, -0.25) is 0 Å². The maximum absolute atomic E-state index is 11.4. The Bertz CT molecular complexity index is 263. The molecule has 0 spiro atoms. The molecule has 0 saturated heterocycles. The zero-order valence-corrected chi connectivity index (χ0v) is 15.0. The van der Waals surface area contributed by atoms with Crippen molar-refractivity contribution < 1.29 is 14.3 Å². The number of ether oxygens (including phenoxy) is 2. The SMILES string of the molecule is CCCCCC1CCC(COC(=O)OCCCCBr)CC1. The largest absolute Gasteiger partial charge is 0.508 e. The molecule has 0 aromatic carbocycles. The van der Waals surface area contributed by atoms with Crippen LogP contribution >= 0.6 is 15.9 Å². The quantitative estimate of drug-likeness (QED) is 0.284. The number of rotatable bonds is 10. The predicted octanol–water partition coefficient (Wildman–Crippen LogP) is 5.70. The van der Waals surface area contributed by atoms with Gasteiger partial charge in [-0.1, -0.05) is 61.4 Å². The van der Waals surface area contributed by atoms with E-state index in [4.69, 9.17) is 9.47 Å². The van der Waals surface area contributed by atoms with Crippen LogP contribution < -0.4 is 0 Å². The van der Waals surface area contributed by atoms with Crippen molar-refractivity contribution >= 4 is 22.1 Å². The number of alkyl halides is 1. The van der Waals surface area contributed by atoms with Gasteiger partial charge >= 0.3 is 6.16 Å². The summed E-state index contributed by atoms with van der Waals surface area (Å²) in [6.07, 6.45) is 11.9. The van der Waals surface area contributed by atoms with Gasteiger partial charge in [-0.2, -0.15) is 0 Å². The van der Waals surface area contributed by atoms with Crippen LogP contribution in [0.4, 0.5) is 4.79 Å². The average molecular weight is 363 g/mol. The Morgan fingerprint density at radius 1 is 1.00 bits per heavy atom. The van der Waals surface area contributed by atoms with E-state index < -0.39 is 6.16 Å². The molecule has 3 nitrogen and oxygen atoms in total. The number of carbonyl (C=O) groups is 1. The number of halogens is 1. The number of unbranched alkanes of at least 4 members (excludes halogenated alkanes) is 3. The van der Waals surface area contributed by atoms with E-state index in [1.54, 1.807) is 0 Å². The van der Waals surface area contributed by atoms with E-state index in [0.717, 1.165) is 24.1 Å². The summed E-state index contributed by atoms with van der Waals surface area (Å²) in [4.78, 5) is 11.4. The van der Waals surface area contributed by atoms with Crippen LogP contribution in [0.3, 0.4) is 0 Å². The Morgan fingerprint density at radius 2 is 1.71 bits per heavy atom. The molecule has 0 aromatic heterocycles. The maximum Gasteiger partial charge on any atom is 0.508 e. The van der Waals surface area contributed by atoms with Crippen molar-refractivity contribution in [1.82, 2.24) is 0 Å². The van der Waals surface area contributed by atoms with E-state index >= 15 is 0 Å². The van der Waals surface area contributed by atoms with Gasteiger partial charge in [0.15, 0.2) is 0 Å². The van der Waals surface area contributed by atoms with Gasteiger partial charge in [0.25, 0.3) is 0 Å². The van der Waals surface area contributed by atoms with E-state index in [0.29, 0.717) is 19.1 Å². The first-order chi connectivity index (χ1) is 10.3. The Labute approximate surface area is 138 Å². The maximum atomic E-state index is 11.4. The highest BCUT2D eigenvalue weighted by molar-refractivity contribution is 9.09. The molecule has 0 heterocycles. The Morgan fingerprint density at radius 3 is 2.38 bits per heavy atom. The molecule has 0 amide bonds. The van der Waals surface area contributed by atoms with Crippen molar-refractivity contribution in [3.8, 4) is 0 Å². The second-order valence-electron chi connectivity index (χ2n) is 6.19. The second kappa shape index (κ2) is 12.3. The summed E-state index contributed by atoms with van der Waals surface area (Å²) < 4.78 is 10.3. The van der Waals surface area contributed by atoms with E-state index in [1.807, 2.05) is 0 Å². The third-order valence-corrected chi connectivity index (χ3v) is 4.93. The highest BCUT2D eigenvalue weighted by atomic mass is 79.9. The third kappa shape index (κ3) is 9.38. The molecule has 1 saturated carbocycles. The Kier molecular flexibility index (Phi) is 11.0. The van der Waals surface area contributed by atoms with Crippen LogP contribution in [0.1, 0.15) is 71.1 Å². The summed E-state index contributed by atoms with van der Waals surface area (Å²) in [5.74, 6) is 1.45. The van der Waals surface area contributed by atoms with Crippen LogP contribution in [0.2, 0.25) is 0 Å². The fourth-order valence-corrected chi connectivity index (χ4v) is 3.35. The van der Waals surface area contributed by atoms with E-state index in [9.17, 15) is 4.79 Å². The highest BCUT2D eigenvalue weighted by Crippen LogP contribution is 2.32. The predicted molar refractivity (Wildman–Crippen MR) is 89.9 cm³/mol. The number of hydrogen-bond acceptors (Lipinski definition) is 3. The van der Waals surface area contributed by atoms with Gasteiger partial charge in [-0.15, -0.1) is 0 Å². The van der Waals surface area contributed by atoms with Gasteiger partial charge < -0.3 is 9.47 Å². The summed E-state index contributed by atoms with van der Waals surface area (Å²) >= 11 is 3.35. The van der Waals surface area contributed by atoms with Crippen molar-refractivity contribution in [2.45, 2.75) is 71.1 Å². The molecule has 0 N–H and O–H groups in total. The Balaban J connectivity index is 2.00. The standard InChI is InChI=1S/C17H31BrO3/c1-2-3-4-7-15-8-10-16(11-9-15)14-21-17(19)20-13-6-5-12-18/h15-16H,2-14H2,1H3. The first kappa shape index (κ1) is 18.8. The summed E-state index contributed by atoms with van der Waals surface area (Å²) in [6.45, 7) is 3.26. The lowest BCUT2D eigenvalue weighted by molar-refractivity contribution is 0.0366. The molecule has 4 heteroatoms. The summed E-state index contributed by atoms with van der Waals surface area (Å²) in [5.41, 5.74) is 0. The summed E-state index contributed by atoms with van der Waals surface area (Å²) in [6, 6.07) is 0. The zero-order chi connectivity index (χ0) is 15.3. The molecule has 0 aliphatic heterocycles. The molecule has 0 bridgehead atoms. The smallest absolute Gasteiger partial charge is 0.434 e. The van der Waals surface area contributed by atoms with Gasteiger partial charge in [0.2, 0.25) is 0 Å². The van der Waals surface area contributed by atoms with Crippen LogP contribution in [0.15, 0.2) is 0 Å². The lowest BCUT2D eigenvalue weighted by atomic mass is 9.80. The van der Waals surface area contributed by atoms with Crippen molar-refractivity contribution in [3.05, 3.63) is 0 Å². The molecule has 0 radical (unpaired) electrons. The lowest BCUT2D eigenvalue weighted by Crippen LogP contribution is -2.21. The Hall–Kier alpha value is -0.250. The first-order valence-corrected chi connectivity index (χ1v) is 9.74. The van der Waals surface area contributed by atoms with Gasteiger partial charge in [0.1, 0.15) is 0 Å². The van der Waals surface area contributed by atoms with Crippen molar-refractivity contribution in [3.63, 3.8) is 0 Å². The van der Waals surface area contributed by atoms with E-state index in [2.05, 4.69) is 22.9 Å². The van der Waals surface area contributed by atoms with Crippen LogP contribution in [-0.4, -0.2) is 24.7 Å². The van der Waals surface area contributed by atoms with Crippen LogP contribution in [0.5, 0.6) is 0 Å². The molecule has 21 heavy (non-hydrogen) atoms. The fourth-order valence-electron chi connectivity index (χ4n) is 2.95. The molecule has 1 aliphatic carbocycles. The zero-order valence-electron chi connectivity index (χ0n) is 13.4. The second-order valence-corrected chi connectivity index (χ2v) is 6.98. The molecule has 0 atom stereocenters. The summed E-state index contributed by atoms with van der Waals surface area (Å²) in [5, 5.41) is 0.951. The minimum Gasteiger partial charge on any atom is -0.434 e. The minimum atomic E-state index is -0.491. The van der Waals surface area contributed by atoms with Gasteiger partial charge in [0.05, 0.1) is 13.2 Å². The van der Waals surface area contributed by atoms with Crippen LogP contribution in [0.25, 0.3) is 0 Å². The fraction of sp³-hybridized carbons (Fsp3) is 0.941. The van der Waals surface area contributed by atoms with Crippen LogP contribution in [-0.2, 0) is 9.47 Å². The van der Waals surface area contributed by atoms with Gasteiger partial charge in [-0.25, -0.2) is 4.79 Å². The molecule has 124 valence electrons. The number of carbonyl (C=O) groups excluding carboxylic acids is 1. The minimum absolute atomic E-state index is 0.467. The van der Waals surface area contributed by atoms with Gasteiger partial charge in [0, 0.05) is 5.33 Å². The summed E-state index contributed by atoms with van der Waals surface area (Å²) in [7, 11) is 0. The molecule has 0 aromatic rings. The van der Waals surface area contributed by atoms with Crippen LogP contribution in [0, 0.1) is 11.8 Å². The monoisotopic (exact) mass is 362 g/mol. The molecular formula is C17H31BrO3.